The van der Waals surface area contributed by atoms with E-state index in [1.54, 1.807) is 42.5 Å². The molecule has 0 saturated carbocycles. The third-order valence-electron chi connectivity index (χ3n) is 18.9. The number of nitrogens with two attached hydrogens (primary N) is 1. The van der Waals surface area contributed by atoms with E-state index in [1.807, 2.05) is 133 Å². The van der Waals surface area contributed by atoms with Crippen LogP contribution in [0, 0.1) is 0 Å². The first kappa shape index (κ1) is 67.9. The molecular formula is C94H65Br2NO6. The van der Waals surface area contributed by atoms with Crippen molar-refractivity contribution in [3.63, 3.8) is 0 Å². The molecular weight excluding hydrogens is 1400 g/mol. The van der Waals surface area contributed by atoms with Crippen LogP contribution in [-0.2, 0) is 27.2 Å². The smallest absolute Gasteiger partial charge is 0.298 e. The van der Waals surface area contributed by atoms with Crippen LogP contribution in [-0.4, -0.2) is 29.6 Å². The fraction of sp³-hybridized carbons (Fsp3) is 0.0319. The number of ether oxygens (including phenoxy) is 1. The second-order valence-corrected chi connectivity index (χ2v) is 26.7. The van der Waals surface area contributed by atoms with Crippen molar-refractivity contribution in [3.8, 4) is 50.3 Å². The van der Waals surface area contributed by atoms with Crippen LogP contribution in [0.3, 0.4) is 0 Å². The molecule has 496 valence electrons. The Bertz CT molecular complexity index is 5700. The number of allylic oxidation sites excluding steroid dienone is 4. The monoisotopic (exact) mass is 1460 g/mol. The Kier molecular flexibility index (Phi) is 19.7. The average molecular weight is 1460 g/mol. The van der Waals surface area contributed by atoms with Crippen molar-refractivity contribution in [2.24, 2.45) is 0 Å². The molecule has 7 nitrogen and oxygen atoms in total. The van der Waals surface area contributed by atoms with E-state index in [2.05, 4.69) is 188 Å². The third kappa shape index (κ3) is 13.0. The lowest BCUT2D eigenvalue weighted by Crippen LogP contribution is -2.06. The van der Waals surface area contributed by atoms with Crippen LogP contribution in [0.4, 0.5) is 5.69 Å². The summed E-state index contributed by atoms with van der Waals surface area (Å²) < 4.78 is 6.43. The number of nitrogen functional groups attached to an aromatic ring is 1. The maximum atomic E-state index is 13.7. The Morgan fingerprint density at radius 1 is 0.320 bits per heavy atom. The maximum Gasteiger partial charge on any atom is 0.298 e. The number of carbonyl (C=O) groups is 5. The van der Waals surface area contributed by atoms with Crippen molar-refractivity contribution < 1.29 is 28.7 Å². The summed E-state index contributed by atoms with van der Waals surface area (Å²) in [7, 11) is 0. The van der Waals surface area contributed by atoms with Gasteiger partial charge in [0.2, 0.25) is 11.6 Å². The Labute approximate surface area is 614 Å². The van der Waals surface area contributed by atoms with Crippen LogP contribution in [0.5, 0.6) is 5.75 Å². The topological polar surface area (TPSA) is 121 Å². The van der Waals surface area contributed by atoms with Crippen LogP contribution in [0.1, 0.15) is 61.5 Å². The van der Waals surface area contributed by atoms with Crippen LogP contribution in [0.15, 0.2) is 337 Å². The van der Waals surface area contributed by atoms with Crippen molar-refractivity contribution in [1.82, 2.24) is 0 Å². The lowest BCUT2D eigenvalue weighted by atomic mass is 9.82. The number of rotatable bonds is 10. The minimum atomic E-state index is -0.378. The molecule has 0 atom stereocenters. The minimum absolute atomic E-state index is 0. The summed E-state index contributed by atoms with van der Waals surface area (Å²) in [5.41, 5.74) is 27.8. The molecule has 0 amide bonds. The average Bonchev–Trinajstić information content (AvgIpc) is 1.56. The van der Waals surface area contributed by atoms with E-state index in [-0.39, 0.29) is 30.6 Å². The van der Waals surface area contributed by atoms with E-state index in [0.29, 0.717) is 41.9 Å². The van der Waals surface area contributed by atoms with Gasteiger partial charge in [0.15, 0.2) is 11.5 Å². The van der Waals surface area contributed by atoms with Gasteiger partial charge in [-0.3, -0.25) is 24.0 Å². The van der Waals surface area contributed by atoms with Gasteiger partial charge in [-0.15, -0.1) is 0 Å². The molecule has 19 rings (SSSR count). The summed E-state index contributed by atoms with van der Waals surface area (Å²) in [6.45, 7) is 0.345. The zero-order valence-electron chi connectivity index (χ0n) is 55.0. The van der Waals surface area contributed by atoms with Gasteiger partial charge in [-0.1, -0.05) is 333 Å². The Morgan fingerprint density at radius 3 is 1.10 bits per heavy atom. The summed E-state index contributed by atoms with van der Waals surface area (Å²) >= 11 is 7.13. The fourth-order valence-corrected chi connectivity index (χ4v) is 15.5. The lowest BCUT2D eigenvalue weighted by Gasteiger charge is -2.21. The van der Waals surface area contributed by atoms with E-state index in [1.165, 1.54) is 88.0 Å². The van der Waals surface area contributed by atoms with Gasteiger partial charge >= 0.3 is 0 Å². The number of halogens is 2. The molecule has 0 heterocycles. The van der Waals surface area contributed by atoms with Gasteiger partial charge < -0.3 is 10.5 Å². The van der Waals surface area contributed by atoms with Gasteiger partial charge in [-0.2, -0.15) is 0 Å². The molecule has 103 heavy (non-hydrogen) atoms. The van der Waals surface area contributed by atoms with Gasteiger partial charge in [-0.25, -0.2) is 0 Å². The van der Waals surface area contributed by atoms with E-state index in [0.717, 1.165) is 64.3 Å². The molecule has 0 fully saturated rings. The Hall–Kier alpha value is -12.3. The predicted octanol–water partition coefficient (Wildman–Crippen LogP) is 23.5. The SMILES string of the molecule is Brc1cccc2c(-c3ccccc3)c3c(c(-c4ccccc4)c12)-c1cccc2cccc-3c12.C.Nc1c(Br)cccc1OC=O.O=C(Cc1ccccc1)Cc1ccccc1.O=C1C(=O)c2cccc3cccc1c23.O=C1C(c2ccccc2)=C2C(=C1c1ccccc1)c1cccc3cccc2c13. The highest BCUT2D eigenvalue weighted by Crippen LogP contribution is 2.59. The van der Waals surface area contributed by atoms with E-state index in [4.69, 9.17) is 5.73 Å². The van der Waals surface area contributed by atoms with E-state index < -0.39 is 0 Å². The molecule has 15 aromatic rings. The summed E-state index contributed by atoms with van der Waals surface area (Å²) in [5, 5.41) is 9.44. The van der Waals surface area contributed by atoms with Gasteiger partial charge in [0.1, 0.15) is 5.78 Å². The van der Waals surface area contributed by atoms with Crippen molar-refractivity contribution in [3.05, 3.63) is 381 Å². The largest absolute Gasteiger partial charge is 0.427 e. The van der Waals surface area contributed by atoms with Crippen LogP contribution < -0.4 is 10.5 Å². The molecule has 15 aromatic carbocycles. The van der Waals surface area contributed by atoms with Gasteiger partial charge in [0.05, 0.1) is 5.69 Å². The zero-order chi connectivity index (χ0) is 69.8. The van der Waals surface area contributed by atoms with E-state index in [9.17, 15) is 24.0 Å². The summed E-state index contributed by atoms with van der Waals surface area (Å²) in [6.07, 6.45) is 1.05. The third-order valence-corrected chi connectivity index (χ3v) is 20.3. The first-order valence-corrected chi connectivity index (χ1v) is 35.1. The number of Topliss-reactive ketones (excluding diaryl/α,β-unsaturated/α-hetero) is 4. The number of hydrogen-bond acceptors (Lipinski definition) is 7. The molecule has 0 unspecified atom stereocenters. The summed E-state index contributed by atoms with van der Waals surface area (Å²) in [5.74, 6) is -0.00530. The van der Waals surface area contributed by atoms with Crippen LogP contribution in [0.25, 0.3) is 110 Å². The summed E-state index contributed by atoms with van der Waals surface area (Å²) in [6, 6.07) is 110. The molecule has 0 bridgehead atoms. The highest BCUT2D eigenvalue weighted by atomic mass is 79.9. The number of para-hydroxylation sites is 1. The molecule has 0 spiro atoms. The Balaban J connectivity index is 0.000000115. The van der Waals surface area contributed by atoms with Gasteiger partial charge in [0, 0.05) is 66.0 Å². The second-order valence-electron chi connectivity index (χ2n) is 25.0. The molecule has 2 N–H and O–H groups in total. The first-order chi connectivity index (χ1) is 50.1. The molecule has 0 aliphatic heterocycles. The van der Waals surface area contributed by atoms with Crippen LogP contribution in [0.2, 0.25) is 0 Å². The number of fused-ring (bicyclic) bond motifs is 7. The van der Waals surface area contributed by atoms with Gasteiger partial charge in [-0.05, 0) is 144 Å². The number of hydrogen-bond donors (Lipinski definition) is 1. The van der Waals surface area contributed by atoms with Crippen molar-refractivity contribution in [2.75, 3.05) is 5.73 Å². The normalized spacial score (nSPS) is 12.3. The summed E-state index contributed by atoms with van der Waals surface area (Å²) in [4.78, 5) is 58.5. The second kappa shape index (κ2) is 29.9. The first-order valence-electron chi connectivity index (χ1n) is 33.5. The molecule has 0 saturated heterocycles. The zero-order valence-corrected chi connectivity index (χ0v) is 58.1. The van der Waals surface area contributed by atoms with Crippen molar-refractivity contribution >= 4 is 133 Å². The van der Waals surface area contributed by atoms with Crippen molar-refractivity contribution in [1.29, 1.82) is 0 Å². The highest BCUT2D eigenvalue weighted by Gasteiger charge is 2.40. The highest BCUT2D eigenvalue weighted by molar-refractivity contribution is 9.11. The number of anilines is 1. The molecule has 0 radical (unpaired) electrons. The molecule has 0 aromatic heterocycles. The van der Waals surface area contributed by atoms with Crippen molar-refractivity contribution in [2.45, 2.75) is 20.3 Å². The molecule has 9 heteroatoms. The number of benzene rings is 15. The quantitative estimate of drug-likeness (QED) is 0.0822. The maximum absolute atomic E-state index is 13.7. The minimum Gasteiger partial charge on any atom is -0.427 e. The van der Waals surface area contributed by atoms with E-state index >= 15 is 0 Å². The fourth-order valence-electron chi connectivity index (χ4n) is 14.6. The lowest BCUT2D eigenvalue weighted by molar-refractivity contribution is -0.120. The number of ketones is 4. The Morgan fingerprint density at radius 2 is 0.660 bits per heavy atom. The molecule has 4 aliphatic carbocycles. The molecule has 4 aliphatic rings. The van der Waals surface area contributed by atoms with Crippen LogP contribution >= 0.6 is 31.9 Å². The number of carbonyl (C=O) groups excluding carboxylic acids is 5. The predicted molar refractivity (Wildman–Crippen MR) is 430 cm³/mol. The standard InChI is InChI=1S/C32H19Br.C27H16O.C15H14O.C12H6O2.C7H6BrNO2.CH4/c33-26-19-9-18-25-28(21-10-3-1-4-11-21)31-23-16-7-14-20-15-8-17-24(27(20)23)32(31)29(30(25)26)22-12-5-2-6-13-22;28-27-23(18-9-3-1-4-10-18)25-20-15-7-13-17-14-8-16-21(22(17)20)26(25)24(27)19-11-5-2-6-12-19;16-15(11-13-7-3-1-4-8-13)12-14-9-5-2-6-10-14;13-11-8-5-1-3-7-4-2-6-9(10(7)8)12(11)14;8-5-2-1-3-6(7(5)9)11-4-10;/h1-19H;1-16H;1-10H,11-12H2;1-6H;1-4H,9H2;1H4. The van der Waals surface area contributed by atoms with Gasteiger partial charge in [0.25, 0.3) is 6.47 Å².